The summed E-state index contributed by atoms with van der Waals surface area (Å²) in [6.45, 7) is 0. The molecule has 0 fully saturated rings. The Balaban J connectivity index is 2.62. The zero-order chi connectivity index (χ0) is 13.3. The summed E-state index contributed by atoms with van der Waals surface area (Å²) in [5.41, 5.74) is 6.11. The molecule has 0 radical (unpaired) electrons. The SMILES string of the molecule is CS(=O)(=O)c1cccc(-c2nc(=S)nc(N)[nH]2)c1. The van der Waals surface area contributed by atoms with Gasteiger partial charge in [0.25, 0.3) is 0 Å². The van der Waals surface area contributed by atoms with Crippen LogP contribution in [0.3, 0.4) is 0 Å². The highest BCUT2D eigenvalue weighted by atomic mass is 32.2. The molecule has 3 N–H and O–H groups in total. The summed E-state index contributed by atoms with van der Waals surface area (Å²) in [4.78, 5) is 10.7. The third-order valence-corrected chi connectivity index (χ3v) is 3.50. The third-order valence-electron chi connectivity index (χ3n) is 2.21. The first-order valence-corrected chi connectivity index (χ1v) is 7.20. The van der Waals surface area contributed by atoms with E-state index in [4.69, 9.17) is 18.0 Å². The minimum absolute atomic E-state index is 0.103. The van der Waals surface area contributed by atoms with Crippen molar-refractivity contribution < 1.29 is 8.42 Å². The van der Waals surface area contributed by atoms with Crippen LogP contribution in [0.5, 0.6) is 0 Å². The molecule has 0 aliphatic carbocycles. The Morgan fingerprint density at radius 1 is 1.33 bits per heavy atom. The van der Waals surface area contributed by atoms with Crippen LogP contribution in [-0.2, 0) is 9.84 Å². The first kappa shape index (κ1) is 12.7. The molecule has 0 saturated carbocycles. The molecule has 0 aliphatic rings. The third kappa shape index (κ3) is 2.71. The molecule has 18 heavy (non-hydrogen) atoms. The number of anilines is 1. The zero-order valence-corrected chi connectivity index (χ0v) is 11.0. The summed E-state index contributed by atoms with van der Waals surface area (Å²) in [7, 11) is -3.27. The maximum absolute atomic E-state index is 11.5. The predicted octanol–water partition coefficient (Wildman–Crippen LogP) is 1.19. The molecular formula is C10H10N4O2S2. The fourth-order valence-corrected chi connectivity index (χ4v) is 2.27. The highest BCUT2D eigenvalue weighted by Crippen LogP contribution is 2.19. The lowest BCUT2D eigenvalue weighted by molar-refractivity contribution is 0.602. The Kier molecular flexibility index (Phi) is 3.14. The Morgan fingerprint density at radius 3 is 2.67 bits per heavy atom. The average molecular weight is 282 g/mol. The van der Waals surface area contributed by atoms with Gasteiger partial charge in [-0.2, -0.15) is 4.98 Å². The molecule has 0 aliphatic heterocycles. The van der Waals surface area contributed by atoms with Gasteiger partial charge in [-0.25, -0.2) is 13.4 Å². The second-order valence-corrected chi connectivity index (χ2v) is 6.05. The van der Waals surface area contributed by atoms with E-state index in [2.05, 4.69) is 15.0 Å². The van der Waals surface area contributed by atoms with E-state index in [9.17, 15) is 8.42 Å². The minimum atomic E-state index is -3.27. The summed E-state index contributed by atoms with van der Waals surface area (Å²) in [5.74, 6) is 0.521. The number of H-pyrrole nitrogens is 1. The molecule has 1 aromatic heterocycles. The van der Waals surface area contributed by atoms with Crippen LogP contribution >= 0.6 is 12.2 Å². The highest BCUT2D eigenvalue weighted by molar-refractivity contribution is 7.90. The van der Waals surface area contributed by atoms with Crippen LogP contribution in [0.2, 0.25) is 0 Å². The van der Waals surface area contributed by atoms with Crippen molar-refractivity contribution in [1.82, 2.24) is 15.0 Å². The molecule has 0 saturated heterocycles. The maximum atomic E-state index is 11.5. The topological polar surface area (TPSA) is 102 Å². The number of nitrogens with two attached hydrogens (primary N) is 1. The van der Waals surface area contributed by atoms with Gasteiger partial charge in [0.15, 0.2) is 9.84 Å². The van der Waals surface area contributed by atoms with Crippen LogP contribution < -0.4 is 5.73 Å². The van der Waals surface area contributed by atoms with Gasteiger partial charge in [0.2, 0.25) is 10.7 Å². The lowest BCUT2D eigenvalue weighted by Crippen LogP contribution is -2.01. The summed E-state index contributed by atoms with van der Waals surface area (Å²) >= 11 is 4.85. The zero-order valence-electron chi connectivity index (χ0n) is 9.41. The van der Waals surface area contributed by atoms with Gasteiger partial charge in [0, 0.05) is 11.8 Å². The van der Waals surface area contributed by atoms with Crippen molar-refractivity contribution in [3.8, 4) is 11.4 Å². The largest absolute Gasteiger partial charge is 0.369 e. The Bertz CT molecular complexity index is 752. The van der Waals surface area contributed by atoms with E-state index in [1.54, 1.807) is 12.1 Å². The summed E-state index contributed by atoms with van der Waals surface area (Å²) in [6.07, 6.45) is 1.14. The second-order valence-electron chi connectivity index (χ2n) is 3.67. The lowest BCUT2D eigenvalue weighted by Gasteiger charge is -2.04. The van der Waals surface area contributed by atoms with E-state index >= 15 is 0 Å². The number of benzene rings is 1. The lowest BCUT2D eigenvalue weighted by atomic mass is 10.2. The van der Waals surface area contributed by atoms with Gasteiger partial charge in [0.05, 0.1) is 4.90 Å². The van der Waals surface area contributed by atoms with Gasteiger partial charge in [-0.15, -0.1) is 0 Å². The maximum Gasteiger partial charge on any atom is 0.224 e. The number of nitrogens with zero attached hydrogens (tertiary/aromatic N) is 2. The molecule has 1 heterocycles. The molecule has 0 atom stereocenters. The first-order chi connectivity index (χ1) is 8.36. The number of rotatable bonds is 2. The van der Waals surface area contributed by atoms with Crippen LogP contribution in [0.25, 0.3) is 11.4 Å². The molecule has 1 aromatic carbocycles. The molecular weight excluding hydrogens is 272 g/mol. The van der Waals surface area contributed by atoms with E-state index in [0.717, 1.165) is 6.26 Å². The van der Waals surface area contributed by atoms with Gasteiger partial charge >= 0.3 is 0 Å². The summed E-state index contributed by atoms with van der Waals surface area (Å²) < 4.78 is 23.0. The summed E-state index contributed by atoms with van der Waals surface area (Å²) in [5, 5.41) is 0. The number of hydrogen-bond acceptors (Lipinski definition) is 6. The Hall–Kier alpha value is -1.80. The van der Waals surface area contributed by atoms with Gasteiger partial charge in [-0.05, 0) is 24.4 Å². The number of aromatic amines is 1. The number of nitrogen functional groups attached to an aromatic ring is 1. The molecule has 2 aromatic rings. The molecule has 2 rings (SSSR count). The minimum Gasteiger partial charge on any atom is -0.369 e. The van der Waals surface area contributed by atoms with Crippen LogP contribution in [0.15, 0.2) is 29.2 Å². The fourth-order valence-electron chi connectivity index (χ4n) is 1.41. The van der Waals surface area contributed by atoms with Gasteiger partial charge in [0.1, 0.15) is 5.82 Å². The monoisotopic (exact) mass is 282 g/mol. The second kappa shape index (κ2) is 4.46. The van der Waals surface area contributed by atoms with Crippen LogP contribution in [0.1, 0.15) is 0 Å². The van der Waals surface area contributed by atoms with E-state index < -0.39 is 9.84 Å². The Labute approximate surface area is 109 Å². The standard InChI is InChI=1S/C10H10N4O2S2/c1-18(15,16)7-4-2-3-6(5-7)8-12-9(11)14-10(17)13-8/h2-5H,1H3,(H3,11,12,13,14,17). The van der Waals surface area contributed by atoms with Crippen molar-refractivity contribution in [3.05, 3.63) is 29.0 Å². The van der Waals surface area contributed by atoms with Crippen molar-refractivity contribution in [2.24, 2.45) is 0 Å². The molecule has 0 spiro atoms. The molecule has 8 heteroatoms. The van der Waals surface area contributed by atoms with Crippen molar-refractivity contribution in [3.63, 3.8) is 0 Å². The van der Waals surface area contributed by atoms with Crippen molar-refractivity contribution >= 4 is 28.0 Å². The first-order valence-electron chi connectivity index (χ1n) is 4.90. The van der Waals surface area contributed by atoms with Crippen molar-refractivity contribution in [2.75, 3.05) is 12.0 Å². The van der Waals surface area contributed by atoms with Gasteiger partial charge < -0.3 is 10.7 Å². The predicted molar refractivity (Wildman–Crippen MR) is 70.2 cm³/mol. The van der Waals surface area contributed by atoms with Crippen LogP contribution in [-0.4, -0.2) is 29.6 Å². The molecule has 6 nitrogen and oxygen atoms in total. The molecule has 0 amide bonds. The fraction of sp³-hybridized carbons (Fsp3) is 0.100. The quantitative estimate of drug-likeness (QED) is 0.802. The van der Waals surface area contributed by atoms with E-state index in [0.29, 0.717) is 11.4 Å². The van der Waals surface area contributed by atoms with Crippen LogP contribution in [0, 0.1) is 4.77 Å². The van der Waals surface area contributed by atoms with Crippen molar-refractivity contribution in [1.29, 1.82) is 0 Å². The normalized spacial score (nSPS) is 11.4. The number of aromatic nitrogens is 3. The van der Waals surface area contributed by atoms with Crippen molar-refractivity contribution in [2.45, 2.75) is 4.90 Å². The molecule has 0 bridgehead atoms. The van der Waals surface area contributed by atoms with E-state index in [1.165, 1.54) is 12.1 Å². The molecule has 0 unspecified atom stereocenters. The number of nitrogens with one attached hydrogen (secondary N) is 1. The van der Waals surface area contributed by atoms with E-state index in [1.807, 2.05) is 0 Å². The van der Waals surface area contributed by atoms with Gasteiger partial charge in [-0.1, -0.05) is 12.1 Å². The number of sulfone groups is 1. The van der Waals surface area contributed by atoms with Gasteiger partial charge in [-0.3, -0.25) is 0 Å². The Morgan fingerprint density at radius 2 is 2.06 bits per heavy atom. The smallest absolute Gasteiger partial charge is 0.224 e. The average Bonchev–Trinajstić information content (AvgIpc) is 2.27. The van der Waals surface area contributed by atoms with Crippen LogP contribution in [0.4, 0.5) is 5.95 Å². The highest BCUT2D eigenvalue weighted by Gasteiger charge is 2.09. The molecule has 94 valence electrons. The van der Waals surface area contributed by atoms with E-state index in [-0.39, 0.29) is 15.6 Å². The summed E-state index contributed by atoms with van der Waals surface area (Å²) in [6, 6.07) is 6.35. The number of hydrogen-bond donors (Lipinski definition) is 2.